The van der Waals surface area contributed by atoms with Crippen molar-refractivity contribution in [2.24, 2.45) is 11.8 Å². The van der Waals surface area contributed by atoms with E-state index in [0.717, 1.165) is 55.3 Å². The standard InChI is InChI=1S/C21H30N4OS/c1-13-4-6-17(7-5-13)24-20(26)16-8-10-25(11-9-16)19-18-14(2)15(3)27-21(18)23-12-22-19/h12-13,16-17H,4-11H2,1-3H3,(H,24,26). The van der Waals surface area contributed by atoms with Gasteiger partial charge in [-0.25, -0.2) is 9.97 Å². The van der Waals surface area contributed by atoms with Crippen LogP contribution in [0.5, 0.6) is 0 Å². The number of amides is 1. The van der Waals surface area contributed by atoms with Crippen LogP contribution < -0.4 is 10.2 Å². The van der Waals surface area contributed by atoms with E-state index >= 15 is 0 Å². The second kappa shape index (κ2) is 7.74. The molecule has 2 aliphatic rings. The fourth-order valence-electron chi connectivity index (χ4n) is 4.48. The summed E-state index contributed by atoms with van der Waals surface area (Å²) in [5.41, 5.74) is 1.29. The van der Waals surface area contributed by atoms with E-state index in [4.69, 9.17) is 0 Å². The van der Waals surface area contributed by atoms with Crippen LogP contribution in [-0.4, -0.2) is 35.0 Å². The highest BCUT2D eigenvalue weighted by Gasteiger charge is 2.29. The SMILES string of the molecule is Cc1sc2ncnc(N3CCC(C(=O)NC4CCC(C)CC4)CC3)c2c1C. The van der Waals surface area contributed by atoms with E-state index < -0.39 is 0 Å². The molecule has 1 aliphatic carbocycles. The predicted molar refractivity (Wildman–Crippen MR) is 111 cm³/mol. The average Bonchev–Trinajstić information content (AvgIpc) is 2.98. The first kappa shape index (κ1) is 18.7. The first-order chi connectivity index (χ1) is 13.0. The van der Waals surface area contributed by atoms with E-state index in [2.05, 4.69) is 41.0 Å². The normalized spacial score (nSPS) is 24.3. The smallest absolute Gasteiger partial charge is 0.223 e. The molecule has 0 aromatic carbocycles. The van der Waals surface area contributed by atoms with Crippen molar-refractivity contribution in [3.8, 4) is 0 Å². The van der Waals surface area contributed by atoms with Crippen LogP contribution >= 0.6 is 11.3 Å². The van der Waals surface area contributed by atoms with Gasteiger partial charge < -0.3 is 10.2 Å². The van der Waals surface area contributed by atoms with Gasteiger partial charge in [0.25, 0.3) is 0 Å². The van der Waals surface area contributed by atoms with Gasteiger partial charge in [-0.15, -0.1) is 11.3 Å². The van der Waals surface area contributed by atoms with E-state index in [1.165, 1.54) is 28.7 Å². The van der Waals surface area contributed by atoms with E-state index in [1.54, 1.807) is 17.7 Å². The molecule has 0 radical (unpaired) electrons. The fourth-order valence-corrected chi connectivity index (χ4v) is 5.47. The second-order valence-corrected chi connectivity index (χ2v) is 9.59. The predicted octanol–water partition coefficient (Wildman–Crippen LogP) is 4.22. The largest absolute Gasteiger partial charge is 0.356 e. The van der Waals surface area contributed by atoms with Crippen molar-refractivity contribution in [2.75, 3.05) is 18.0 Å². The Bertz CT molecular complexity index is 817. The minimum atomic E-state index is 0.142. The Kier molecular flexibility index (Phi) is 5.35. The highest BCUT2D eigenvalue weighted by atomic mass is 32.1. The lowest BCUT2D eigenvalue weighted by molar-refractivity contribution is -0.126. The number of fused-ring (bicyclic) bond motifs is 1. The summed E-state index contributed by atoms with van der Waals surface area (Å²) in [5, 5.41) is 4.52. The van der Waals surface area contributed by atoms with Gasteiger partial charge in [-0.3, -0.25) is 4.79 Å². The van der Waals surface area contributed by atoms with Gasteiger partial charge in [-0.05, 0) is 63.9 Å². The lowest BCUT2D eigenvalue weighted by Gasteiger charge is -2.34. The third-order valence-electron chi connectivity index (χ3n) is 6.47. The summed E-state index contributed by atoms with van der Waals surface area (Å²) in [4.78, 5) is 26.5. The van der Waals surface area contributed by atoms with Gasteiger partial charge in [0, 0.05) is 29.9 Å². The minimum absolute atomic E-state index is 0.142. The van der Waals surface area contributed by atoms with Gasteiger partial charge in [0.15, 0.2) is 0 Å². The summed E-state index contributed by atoms with van der Waals surface area (Å²) >= 11 is 1.74. The lowest BCUT2D eigenvalue weighted by atomic mass is 9.86. The van der Waals surface area contributed by atoms with E-state index in [-0.39, 0.29) is 11.8 Å². The number of hydrogen-bond donors (Lipinski definition) is 1. The molecular formula is C21H30N4OS. The molecule has 1 amide bonds. The third-order valence-corrected chi connectivity index (χ3v) is 7.59. The summed E-state index contributed by atoms with van der Waals surface area (Å²) in [7, 11) is 0. The first-order valence-corrected chi connectivity index (χ1v) is 11.1. The van der Waals surface area contributed by atoms with Crippen molar-refractivity contribution in [1.29, 1.82) is 0 Å². The summed E-state index contributed by atoms with van der Waals surface area (Å²) in [6, 6.07) is 0.393. The van der Waals surface area contributed by atoms with Crippen LogP contribution in [0.3, 0.4) is 0 Å². The van der Waals surface area contributed by atoms with Crippen LogP contribution in [0.2, 0.25) is 0 Å². The Hall–Kier alpha value is -1.69. The average molecular weight is 387 g/mol. The van der Waals surface area contributed by atoms with E-state index in [9.17, 15) is 4.79 Å². The molecule has 1 saturated carbocycles. The number of nitrogens with one attached hydrogen (secondary N) is 1. The molecule has 0 spiro atoms. The number of rotatable bonds is 3. The Morgan fingerprint density at radius 2 is 1.81 bits per heavy atom. The molecule has 146 valence electrons. The molecule has 5 nitrogen and oxygen atoms in total. The maximum atomic E-state index is 12.7. The van der Waals surface area contributed by atoms with Crippen LogP contribution in [0.25, 0.3) is 10.2 Å². The molecule has 1 saturated heterocycles. The van der Waals surface area contributed by atoms with Crippen LogP contribution in [0.1, 0.15) is 55.9 Å². The zero-order chi connectivity index (χ0) is 19.0. The Morgan fingerprint density at radius 3 is 2.52 bits per heavy atom. The molecule has 27 heavy (non-hydrogen) atoms. The van der Waals surface area contributed by atoms with Gasteiger partial charge in [0.2, 0.25) is 5.91 Å². The highest BCUT2D eigenvalue weighted by Crippen LogP contribution is 2.35. The molecule has 1 N–H and O–H groups in total. The maximum absolute atomic E-state index is 12.7. The number of anilines is 1. The van der Waals surface area contributed by atoms with Crippen LogP contribution in [0, 0.1) is 25.7 Å². The van der Waals surface area contributed by atoms with Gasteiger partial charge in [-0.1, -0.05) is 6.92 Å². The van der Waals surface area contributed by atoms with Crippen molar-refractivity contribution in [3.63, 3.8) is 0 Å². The number of piperidine rings is 1. The molecule has 6 heteroatoms. The molecule has 0 unspecified atom stereocenters. The monoisotopic (exact) mass is 386 g/mol. The van der Waals surface area contributed by atoms with Gasteiger partial charge in [-0.2, -0.15) is 0 Å². The van der Waals surface area contributed by atoms with Crippen molar-refractivity contribution in [3.05, 3.63) is 16.8 Å². The summed E-state index contributed by atoms with van der Waals surface area (Å²) in [6.07, 6.45) is 8.25. The molecule has 2 fully saturated rings. The molecule has 0 atom stereocenters. The molecule has 4 rings (SSSR count). The molecule has 2 aromatic heterocycles. The Balaban J connectivity index is 1.39. The van der Waals surface area contributed by atoms with Gasteiger partial charge in [0.05, 0.1) is 5.39 Å². The summed E-state index contributed by atoms with van der Waals surface area (Å²) in [6.45, 7) is 8.40. The summed E-state index contributed by atoms with van der Waals surface area (Å²) in [5.74, 6) is 2.27. The molecule has 2 aromatic rings. The zero-order valence-corrected chi connectivity index (χ0v) is 17.4. The number of thiophene rings is 1. The van der Waals surface area contributed by atoms with Crippen molar-refractivity contribution >= 4 is 33.3 Å². The number of aromatic nitrogens is 2. The zero-order valence-electron chi connectivity index (χ0n) is 16.6. The molecule has 1 aliphatic heterocycles. The number of hydrogen-bond acceptors (Lipinski definition) is 5. The minimum Gasteiger partial charge on any atom is -0.356 e. The Morgan fingerprint density at radius 1 is 1.11 bits per heavy atom. The number of nitrogens with zero attached hydrogens (tertiary/aromatic N) is 3. The molecule has 0 bridgehead atoms. The fraction of sp³-hybridized carbons (Fsp3) is 0.667. The number of carbonyl (C=O) groups excluding carboxylic acids is 1. The van der Waals surface area contributed by atoms with Crippen LogP contribution in [-0.2, 0) is 4.79 Å². The third kappa shape index (κ3) is 3.82. The van der Waals surface area contributed by atoms with Crippen LogP contribution in [0.15, 0.2) is 6.33 Å². The Labute approximate surface area is 165 Å². The first-order valence-electron chi connectivity index (χ1n) is 10.3. The number of aryl methyl sites for hydroxylation is 2. The second-order valence-electron chi connectivity index (χ2n) is 8.39. The van der Waals surface area contributed by atoms with Gasteiger partial charge >= 0.3 is 0 Å². The van der Waals surface area contributed by atoms with Crippen LogP contribution in [0.4, 0.5) is 5.82 Å². The van der Waals surface area contributed by atoms with E-state index in [0.29, 0.717) is 6.04 Å². The molecular weight excluding hydrogens is 356 g/mol. The van der Waals surface area contributed by atoms with Gasteiger partial charge in [0.1, 0.15) is 17.0 Å². The topological polar surface area (TPSA) is 58.1 Å². The van der Waals surface area contributed by atoms with E-state index in [1.807, 2.05) is 0 Å². The van der Waals surface area contributed by atoms with Crippen molar-refractivity contribution in [2.45, 2.75) is 65.3 Å². The summed E-state index contributed by atoms with van der Waals surface area (Å²) < 4.78 is 0. The highest BCUT2D eigenvalue weighted by molar-refractivity contribution is 7.18. The molecule has 3 heterocycles. The lowest BCUT2D eigenvalue weighted by Crippen LogP contribution is -2.45. The van der Waals surface area contributed by atoms with Crippen molar-refractivity contribution < 1.29 is 4.79 Å². The number of carbonyl (C=O) groups is 1. The quantitative estimate of drug-likeness (QED) is 0.858. The maximum Gasteiger partial charge on any atom is 0.223 e. The van der Waals surface area contributed by atoms with Crippen molar-refractivity contribution in [1.82, 2.24) is 15.3 Å².